The minimum Gasteiger partial charge on any atom is -0.391 e. The summed E-state index contributed by atoms with van der Waals surface area (Å²) in [5.41, 5.74) is 2.98. The van der Waals surface area contributed by atoms with E-state index < -0.39 is 6.10 Å². The van der Waals surface area contributed by atoms with Gasteiger partial charge in [-0.1, -0.05) is 0 Å². The van der Waals surface area contributed by atoms with Crippen LogP contribution in [0, 0.1) is 19.8 Å². The molecule has 7 nitrogen and oxygen atoms in total. The van der Waals surface area contributed by atoms with Crippen LogP contribution in [0.3, 0.4) is 0 Å². The highest BCUT2D eigenvalue weighted by Crippen LogP contribution is 2.22. The molecule has 0 aliphatic carbocycles. The van der Waals surface area contributed by atoms with Crippen molar-refractivity contribution in [3.8, 4) is 0 Å². The van der Waals surface area contributed by atoms with Gasteiger partial charge >= 0.3 is 0 Å². The van der Waals surface area contributed by atoms with Crippen LogP contribution in [0.25, 0.3) is 0 Å². The Balaban J connectivity index is 1.67. The zero-order valence-corrected chi connectivity index (χ0v) is 12.7. The number of hydrogen-bond acceptors (Lipinski definition) is 5. The van der Waals surface area contributed by atoms with Crippen LogP contribution in [-0.2, 0) is 6.42 Å². The maximum Gasteiger partial charge on any atom is 0.274 e. The zero-order valence-electron chi connectivity index (χ0n) is 12.7. The van der Waals surface area contributed by atoms with Gasteiger partial charge in [0.1, 0.15) is 5.69 Å². The predicted molar refractivity (Wildman–Crippen MR) is 79.2 cm³/mol. The van der Waals surface area contributed by atoms with Crippen LogP contribution in [-0.4, -0.2) is 55.3 Å². The molecule has 2 N–H and O–H groups in total. The highest BCUT2D eigenvalue weighted by Gasteiger charge is 2.35. The van der Waals surface area contributed by atoms with E-state index in [9.17, 15) is 9.90 Å². The van der Waals surface area contributed by atoms with E-state index in [1.54, 1.807) is 11.1 Å². The van der Waals surface area contributed by atoms with E-state index in [1.807, 2.05) is 19.9 Å². The Morgan fingerprint density at radius 1 is 1.36 bits per heavy atom. The number of β-amino-alcohol motifs (C(OH)–C–C–N with tert-alkyl or cyclic N) is 1. The van der Waals surface area contributed by atoms with Gasteiger partial charge in [-0.05, 0) is 26.3 Å². The van der Waals surface area contributed by atoms with E-state index in [-0.39, 0.29) is 11.8 Å². The highest BCUT2D eigenvalue weighted by molar-refractivity contribution is 5.92. The van der Waals surface area contributed by atoms with Crippen LogP contribution in [0.4, 0.5) is 0 Å². The number of aromatic amines is 1. The normalized spacial score (nSPS) is 21.3. The first-order valence-electron chi connectivity index (χ1n) is 7.30. The second kappa shape index (κ2) is 5.84. The monoisotopic (exact) mass is 301 g/mol. The van der Waals surface area contributed by atoms with Crippen LogP contribution >= 0.6 is 0 Å². The molecule has 22 heavy (non-hydrogen) atoms. The molecule has 2 atom stereocenters. The molecule has 0 bridgehead atoms. The summed E-state index contributed by atoms with van der Waals surface area (Å²) in [6.45, 7) is 4.58. The van der Waals surface area contributed by atoms with Crippen LogP contribution < -0.4 is 0 Å². The summed E-state index contributed by atoms with van der Waals surface area (Å²) in [5.74, 6) is -0.197. The molecule has 1 aliphatic rings. The summed E-state index contributed by atoms with van der Waals surface area (Å²) >= 11 is 0. The fourth-order valence-corrected chi connectivity index (χ4v) is 2.73. The standard InChI is InChI=1S/C15H19N5O2/c1-9-3-12(19-18-9)4-11-7-20(8-14(11)21)15(22)13-6-16-10(2)5-17-13/h3,5-6,11,14,21H,4,7-8H2,1-2H3,(H,18,19)/t11-,14-/m1/s1. The quantitative estimate of drug-likeness (QED) is 0.860. The number of amides is 1. The number of aromatic nitrogens is 4. The number of nitrogens with one attached hydrogen (secondary N) is 1. The molecule has 0 saturated carbocycles. The largest absolute Gasteiger partial charge is 0.391 e. The molecule has 116 valence electrons. The molecule has 0 radical (unpaired) electrons. The number of aryl methyl sites for hydroxylation is 2. The second-order valence-electron chi connectivity index (χ2n) is 5.83. The Morgan fingerprint density at radius 3 is 2.82 bits per heavy atom. The smallest absolute Gasteiger partial charge is 0.274 e. The van der Waals surface area contributed by atoms with E-state index >= 15 is 0 Å². The molecule has 1 saturated heterocycles. The van der Waals surface area contributed by atoms with Crippen LogP contribution in [0.2, 0.25) is 0 Å². The van der Waals surface area contributed by atoms with Crippen molar-refractivity contribution >= 4 is 5.91 Å². The van der Waals surface area contributed by atoms with Crippen molar-refractivity contribution < 1.29 is 9.90 Å². The summed E-state index contributed by atoms with van der Waals surface area (Å²) in [6.07, 6.45) is 3.16. The zero-order chi connectivity index (χ0) is 15.7. The van der Waals surface area contributed by atoms with Gasteiger partial charge < -0.3 is 10.0 Å². The van der Waals surface area contributed by atoms with Gasteiger partial charge in [-0.25, -0.2) is 4.98 Å². The van der Waals surface area contributed by atoms with Crippen molar-refractivity contribution in [3.05, 3.63) is 41.2 Å². The van der Waals surface area contributed by atoms with Crippen molar-refractivity contribution in [2.24, 2.45) is 5.92 Å². The summed E-state index contributed by atoms with van der Waals surface area (Å²) in [5, 5.41) is 17.3. The number of aliphatic hydroxyl groups is 1. The van der Waals surface area contributed by atoms with Gasteiger partial charge in [0, 0.05) is 30.9 Å². The van der Waals surface area contributed by atoms with Crippen molar-refractivity contribution in [3.63, 3.8) is 0 Å². The molecule has 0 aromatic carbocycles. The first-order valence-corrected chi connectivity index (χ1v) is 7.30. The third kappa shape index (κ3) is 2.99. The van der Waals surface area contributed by atoms with Crippen molar-refractivity contribution in [1.82, 2.24) is 25.1 Å². The van der Waals surface area contributed by atoms with Gasteiger partial charge in [0.2, 0.25) is 0 Å². The Bertz CT molecular complexity index is 667. The highest BCUT2D eigenvalue weighted by atomic mass is 16.3. The summed E-state index contributed by atoms with van der Waals surface area (Å²) in [7, 11) is 0. The lowest BCUT2D eigenvalue weighted by atomic mass is 10.0. The number of likely N-dealkylation sites (tertiary alicyclic amines) is 1. The Morgan fingerprint density at radius 2 is 2.18 bits per heavy atom. The number of carbonyl (C=O) groups excluding carboxylic acids is 1. The summed E-state index contributed by atoms with van der Waals surface area (Å²) in [6, 6.07) is 1.96. The maximum atomic E-state index is 12.4. The molecule has 0 spiro atoms. The lowest BCUT2D eigenvalue weighted by molar-refractivity contribution is 0.0758. The Labute approximate surface area is 128 Å². The maximum absolute atomic E-state index is 12.4. The predicted octanol–water partition coefficient (Wildman–Crippen LogP) is 0.492. The molecular weight excluding hydrogens is 282 g/mol. The Kier molecular flexibility index (Phi) is 3.89. The van der Waals surface area contributed by atoms with Crippen LogP contribution in [0.15, 0.2) is 18.5 Å². The molecular formula is C15H19N5O2. The second-order valence-corrected chi connectivity index (χ2v) is 5.83. The minimum absolute atomic E-state index is 0.00921. The van der Waals surface area contributed by atoms with Gasteiger partial charge in [0.25, 0.3) is 5.91 Å². The average Bonchev–Trinajstić information content (AvgIpc) is 3.06. The van der Waals surface area contributed by atoms with E-state index in [1.165, 1.54) is 6.20 Å². The lowest BCUT2D eigenvalue weighted by Gasteiger charge is -2.15. The van der Waals surface area contributed by atoms with E-state index in [2.05, 4.69) is 20.2 Å². The van der Waals surface area contributed by atoms with Crippen molar-refractivity contribution in [2.75, 3.05) is 13.1 Å². The van der Waals surface area contributed by atoms with E-state index in [0.29, 0.717) is 25.2 Å². The third-order valence-electron chi connectivity index (χ3n) is 3.92. The fraction of sp³-hybridized carbons (Fsp3) is 0.467. The lowest BCUT2D eigenvalue weighted by Crippen LogP contribution is -2.30. The number of rotatable bonds is 3. The molecule has 1 aliphatic heterocycles. The Hall–Kier alpha value is -2.28. The topological polar surface area (TPSA) is 95.0 Å². The van der Waals surface area contributed by atoms with E-state index in [0.717, 1.165) is 17.1 Å². The SMILES string of the molecule is Cc1cnc(C(=O)N2C[C@@H](Cc3cc(C)[nH]n3)[C@H](O)C2)cn1. The van der Waals surface area contributed by atoms with Crippen LogP contribution in [0.1, 0.15) is 27.6 Å². The van der Waals surface area contributed by atoms with Gasteiger partial charge in [-0.2, -0.15) is 5.10 Å². The molecule has 1 amide bonds. The molecule has 1 fully saturated rings. The molecule has 7 heteroatoms. The average molecular weight is 301 g/mol. The van der Waals surface area contributed by atoms with Gasteiger partial charge in [0.05, 0.1) is 23.7 Å². The molecule has 2 aromatic heterocycles. The summed E-state index contributed by atoms with van der Waals surface area (Å²) < 4.78 is 0. The molecule has 3 heterocycles. The summed E-state index contributed by atoms with van der Waals surface area (Å²) in [4.78, 5) is 22.2. The molecule has 0 unspecified atom stereocenters. The first kappa shape index (κ1) is 14.6. The first-order chi connectivity index (χ1) is 10.5. The fourth-order valence-electron chi connectivity index (χ4n) is 2.73. The third-order valence-corrected chi connectivity index (χ3v) is 3.92. The number of carbonyl (C=O) groups is 1. The number of nitrogens with zero attached hydrogens (tertiary/aromatic N) is 4. The van der Waals surface area contributed by atoms with Crippen molar-refractivity contribution in [1.29, 1.82) is 0 Å². The van der Waals surface area contributed by atoms with Gasteiger partial charge in [-0.3, -0.25) is 14.9 Å². The van der Waals surface area contributed by atoms with Crippen LogP contribution in [0.5, 0.6) is 0 Å². The van der Waals surface area contributed by atoms with Gasteiger partial charge in [0.15, 0.2) is 0 Å². The minimum atomic E-state index is -0.542. The number of H-pyrrole nitrogens is 1. The number of aliphatic hydroxyl groups excluding tert-OH is 1. The number of hydrogen-bond donors (Lipinski definition) is 2. The van der Waals surface area contributed by atoms with E-state index in [4.69, 9.17) is 0 Å². The molecule has 2 aromatic rings. The molecule has 3 rings (SSSR count). The van der Waals surface area contributed by atoms with Gasteiger partial charge in [-0.15, -0.1) is 0 Å². The van der Waals surface area contributed by atoms with Crippen molar-refractivity contribution in [2.45, 2.75) is 26.4 Å².